The van der Waals surface area contributed by atoms with E-state index < -0.39 is 0 Å². The predicted molar refractivity (Wildman–Crippen MR) is 73.7 cm³/mol. The van der Waals surface area contributed by atoms with Crippen molar-refractivity contribution in [2.24, 2.45) is 5.73 Å². The van der Waals surface area contributed by atoms with Crippen LogP contribution >= 0.6 is 23.2 Å². The van der Waals surface area contributed by atoms with E-state index in [9.17, 15) is 0 Å². The second kappa shape index (κ2) is 6.05. The van der Waals surface area contributed by atoms with Crippen molar-refractivity contribution in [2.75, 3.05) is 19.6 Å². The number of rotatable bonds is 3. The molecule has 0 radical (unpaired) electrons. The summed E-state index contributed by atoms with van der Waals surface area (Å²) in [7, 11) is 0. The van der Waals surface area contributed by atoms with Crippen molar-refractivity contribution >= 4 is 23.2 Å². The average Bonchev–Trinajstić information content (AvgIpc) is 2.34. The topological polar surface area (TPSA) is 29.3 Å². The van der Waals surface area contributed by atoms with Gasteiger partial charge in [0.05, 0.1) is 10.0 Å². The highest BCUT2D eigenvalue weighted by atomic mass is 35.5. The highest BCUT2D eigenvalue weighted by molar-refractivity contribution is 6.42. The molecule has 4 heteroatoms. The number of nitrogens with two attached hydrogens (primary N) is 1. The molecular formula is C13H18Cl2N2. The first kappa shape index (κ1) is 13.2. The number of likely N-dealkylation sites (tertiary alicyclic amines) is 1. The van der Waals surface area contributed by atoms with Gasteiger partial charge in [0.2, 0.25) is 0 Å². The van der Waals surface area contributed by atoms with Crippen LogP contribution in [0.2, 0.25) is 10.0 Å². The minimum Gasteiger partial charge on any atom is -0.323 e. The fourth-order valence-corrected chi connectivity index (χ4v) is 2.58. The van der Waals surface area contributed by atoms with Crippen molar-refractivity contribution < 1.29 is 0 Å². The van der Waals surface area contributed by atoms with Crippen LogP contribution in [-0.4, -0.2) is 24.5 Å². The molecule has 1 aliphatic rings. The monoisotopic (exact) mass is 272 g/mol. The molecule has 94 valence electrons. The molecule has 0 aliphatic carbocycles. The van der Waals surface area contributed by atoms with E-state index in [1.807, 2.05) is 18.2 Å². The lowest BCUT2D eigenvalue weighted by atomic mass is 10.1. The molecule has 2 nitrogen and oxygen atoms in total. The highest BCUT2D eigenvalue weighted by Gasteiger charge is 2.15. The molecule has 0 saturated carbocycles. The zero-order chi connectivity index (χ0) is 12.3. The zero-order valence-corrected chi connectivity index (χ0v) is 11.3. The van der Waals surface area contributed by atoms with Crippen LogP contribution in [0.4, 0.5) is 0 Å². The van der Waals surface area contributed by atoms with E-state index in [0.717, 1.165) is 25.2 Å². The molecule has 1 fully saturated rings. The fraction of sp³-hybridized carbons (Fsp3) is 0.538. The van der Waals surface area contributed by atoms with Crippen LogP contribution in [-0.2, 0) is 0 Å². The van der Waals surface area contributed by atoms with E-state index >= 15 is 0 Å². The number of hydrogen-bond donors (Lipinski definition) is 1. The van der Waals surface area contributed by atoms with Crippen LogP contribution in [0.3, 0.4) is 0 Å². The number of piperidine rings is 1. The Morgan fingerprint density at radius 3 is 2.47 bits per heavy atom. The summed E-state index contributed by atoms with van der Waals surface area (Å²) in [4.78, 5) is 2.43. The molecule has 1 heterocycles. The summed E-state index contributed by atoms with van der Waals surface area (Å²) in [6, 6.07) is 5.67. The number of nitrogens with zero attached hydrogens (tertiary/aromatic N) is 1. The largest absolute Gasteiger partial charge is 0.323 e. The lowest BCUT2D eigenvalue weighted by Crippen LogP contribution is -2.36. The maximum Gasteiger partial charge on any atom is 0.0595 e. The van der Waals surface area contributed by atoms with Crippen molar-refractivity contribution in [3.63, 3.8) is 0 Å². The van der Waals surface area contributed by atoms with Crippen molar-refractivity contribution in [1.82, 2.24) is 4.90 Å². The Kier molecular flexibility index (Phi) is 4.69. The lowest BCUT2D eigenvalue weighted by molar-refractivity contribution is 0.216. The van der Waals surface area contributed by atoms with Gasteiger partial charge < -0.3 is 10.6 Å². The van der Waals surface area contributed by atoms with E-state index in [4.69, 9.17) is 28.9 Å². The van der Waals surface area contributed by atoms with Crippen LogP contribution in [0, 0.1) is 0 Å². The molecule has 0 aromatic heterocycles. The summed E-state index contributed by atoms with van der Waals surface area (Å²) < 4.78 is 0. The first-order valence-electron chi connectivity index (χ1n) is 6.09. The molecule has 1 aromatic carbocycles. The molecule has 1 unspecified atom stereocenters. The van der Waals surface area contributed by atoms with Gasteiger partial charge in [-0.25, -0.2) is 0 Å². The second-order valence-electron chi connectivity index (χ2n) is 4.64. The van der Waals surface area contributed by atoms with Gasteiger partial charge in [-0.1, -0.05) is 35.7 Å². The van der Waals surface area contributed by atoms with Gasteiger partial charge in [-0.3, -0.25) is 0 Å². The van der Waals surface area contributed by atoms with E-state index in [1.165, 1.54) is 19.3 Å². The first-order chi connectivity index (χ1) is 8.16. The molecule has 1 aliphatic heterocycles. The summed E-state index contributed by atoms with van der Waals surface area (Å²) >= 11 is 11.9. The number of hydrogen-bond acceptors (Lipinski definition) is 2. The normalized spacial score (nSPS) is 19.2. The molecule has 0 amide bonds. The van der Waals surface area contributed by atoms with Gasteiger partial charge in [-0.15, -0.1) is 0 Å². The van der Waals surface area contributed by atoms with Gasteiger partial charge in [0.25, 0.3) is 0 Å². The van der Waals surface area contributed by atoms with Crippen molar-refractivity contribution in [1.29, 1.82) is 0 Å². The maximum atomic E-state index is 6.20. The third-order valence-electron chi connectivity index (χ3n) is 3.28. The van der Waals surface area contributed by atoms with Crippen molar-refractivity contribution in [2.45, 2.75) is 25.3 Å². The van der Waals surface area contributed by atoms with Gasteiger partial charge in [-0.2, -0.15) is 0 Å². The second-order valence-corrected chi connectivity index (χ2v) is 5.46. The highest BCUT2D eigenvalue weighted by Crippen LogP contribution is 2.25. The summed E-state index contributed by atoms with van der Waals surface area (Å²) in [6.45, 7) is 3.22. The summed E-state index contributed by atoms with van der Waals surface area (Å²) in [5, 5.41) is 1.17. The number of halogens is 2. The summed E-state index contributed by atoms with van der Waals surface area (Å²) in [5.74, 6) is 0. The average molecular weight is 273 g/mol. The van der Waals surface area contributed by atoms with Gasteiger partial charge >= 0.3 is 0 Å². The number of benzene rings is 1. The van der Waals surface area contributed by atoms with Gasteiger partial charge in [0.1, 0.15) is 0 Å². The molecule has 17 heavy (non-hydrogen) atoms. The maximum absolute atomic E-state index is 6.20. The van der Waals surface area contributed by atoms with Crippen molar-refractivity contribution in [3.05, 3.63) is 33.8 Å². The van der Waals surface area contributed by atoms with E-state index in [1.54, 1.807) is 0 Å². The Morgan fingerprint density at radius 1 is 1.12 bits per heavy atom. The predicted octanol–water partition coefficient (Wildman–Crippen LogP) is 3.48. The molecule has 1 aromatic rings. The third-order valence-corrected chi connectivity index (χ3v) is 4.01. The van der Waals surface area contributed by atoms with E-state index in [2.05, 4.69) is 4.90 Å². The molecule has 1 atom stereocenters. The molecule has 0 spiro atoms. The van der Waals surface area contributed by atoms with Crippen LogP contribution < -0.4 is 5.73 Å². The Labute approximate surface area is 113 Å². The van der Waals surface area contributed by atoms with Crippen molar-refractivity contribution in [3.8, 4) is 0 Å². The molecule has 2 rings (SSSR count). The van der Waals surface area contributed by atoms with Crippen LogP contribution in [0.5, 0.6) is 0 Å². The van der Waals surface area contributed by atoms with Gasteiger partial charge in [-0.05, 0) is 43.6 Å². The SMILES string of the molecule is NC(CN1CCCCC1)c1ccc(Cl)c(Cl)c1. The Hall–Kier alpha value is -0.280. The van der Waals surface area contributed by atoms with Crippen LogP contribution in [0.1, 0.15) is 30.9 Å². The van der Waals surface area contributed by atoms with E-state index in [0.29, 0.717) is 10.0 Å². The summed E-state index contributed by atoms with van der Waals surface area (Å²) in [5.41, 5.74) is 7.26. The molecule has 0 bridgehead atoms. The Morgan fingerprint density at radius 2 is 1.82 bits per heavy atom. The smallest absolute Gasteiger partial charge is 0.0595 e. The van der Waals surface area contributed by atoms with Gasteiger partial charge in [0.15, 0.2) is 0 Å². The molecule has 2 N–H and O–H groups in total. The molecule has 1 saturated heterocycles. The minimum absolute atomic E-state index is 0.0165. The Balaban J connectivity index is 1.98. The lowest BCUT2D eigenvalue weighted by Gasteiger charge is -2.29. The minimum atomic E-state index is 0.0165. The Bertz CT molecular complexity index is 376. The first-order valence-corrected chi connectivity index (χ1v) is 6.85. The standard InChI is InChI=1S/C13H18Cl2N2/c14-11-5-4-10(8-12(11)15)13(16)9-17-6-2-1-3-7-17/h4-5,8,13H,1-3,6-7,9,16H2. The quantitative estimate of drug-likeness (QED) is 0.913. The molecular weight excluding hydrogens is 255 g/mol. The third kappa shape index (κ3) is 3.59. The van der Waals surface area contributed by atoms with Crippen LogP contribution in [0.15, 0.2) is 18.2 Å². The summed E-state index contributed by atoms with van der Waals surface area (Å²) in [6.07, 6.45) is 3.92. The van der Waals surface area contributed by atoms with Gasteiger partial charge in [0, 0.05) is 12.6 Å². The van der Waals surface area contributed by atoms with Crippen LogP contribution in [0.25, 0.3) is 0 Å². The zero-order valence-electron chi connectivity index (χ0n) is 9.83. The van der Waals surface area contributed by atoms with E-state index in [-0.39, 0.29) is 6.04 Å². The fourth-order valence-electron chi connectivity index (χ4n) is 2.27.